The van der Waals surface area contributed by atoms with E-state index < -0.39 is 6.10 Å². The van der Waals surface area contributed by atoms with Gasteiger partial charge in [0.25, 0.3) is 0 Å². The normalized spacial score (nSPS) is 15.0. The molecule has 0 heterocycles. The van der Waals surface area contributed by atoms with Gasteiger partial charge >= 0.3 is 0 Å². The number of ether oxygens (including phenoxy) is 1. The van der Waals surface area contributed by atoms with E-state index in [1.54, 1.807) is 25.3 Å². The predicted molar refractivity (Wildman–Crippen MR) is 62.5 cm³/mol. The Hall–Kier alpha value is -0.280. The molecule has 0 amide bonds. The number of halogens is 2. The Morgan fingerprint density at radius 2 is 2.07 bits per heavy atom. The highest BCUT2D eigenvalue weighted by atomic mass is 35.5. The number of rotatable bonds is 4. The molecular weight excluding hydrogens is 235 g/mol. The first-order valence-corrected chi connectivity index (χ1v) is 5.46. The molecule has 1 aromatic carbocycles. The molecular formula is C11H14Cl2O2. The van der Waals surface area contributed by atoms with Crippen LogP contribution in [0.2, 0.25) is 10.0 Å². The lowest BCUT2D eigenvalue weighted by atomic mass is 10.0. The van der Waals surface area contributed by atoms with Crippen LogP contribution in [0.4, 0.5) is 0 Å². The van der Waals surface area contributed by atoms with E-state index in [1.165, 1.54) is 0 Å². The lowest BCUT2D eigenvalue weighted by Crippen LogP contribution is -2.11. The maximum Gasteiger partial charge on any atom is 0.0829 e. The number of benzene rings is 1. The smallest absolute Gasteiger partial charge is 0.0829 e. The molecule has 1 aromatic rings. The summed E-state index contributed by atoms with van der Waals surface area (Å²) in [5, 5.41) is 10.8. The van der Waals surface area contributed by atoms with Crippen molar-refractivity contribution in [3.8, 4) is 0 Å². The molecule has 0 saturated heterocycles. The average Bonchev–Trinajstić information content (AvgIpc) is 2.21. The molecule has 15 heavy (non-hydrogen) atoms. The quantitative estimate of drug-likeness (QED) is 0.885. The Kier molecular flexibility index (Phi) is 4.87. The second-order valence-corrected chi connectivity index (χ2v) is 4.23. The van der Waals surface area contributed by atoms with Crippen LogP contribution < -0.4 is 0 Å². The second-order valence-electron chi connectivity index (χ2n) is 3.44. The molecule has 0 spiro atoms. The van der Waals surface area contributed by atoms with E-state index in [1.807, 2.05) is 6.92 Å². The highest BCUT2D eigenvalue weighted by Gasteiger charge is 2.16. The molecule has 0 aliphatic carbocycles. The van der Waals surface area contributed by atoms with E-state index in [4.69, 9.17) is 27.9 Å². The van der Waals surface area contributed by atoms with E-state index >= 15 is 0 Å². The summed E-state index contributed by atoms with van der Waals surface area (Å²) in [5.74, 6) is 0. The topological polar surface area (TPSA) is 29.5 Å². The van der Waals surface area contributed by atoms with Crippen molar-refractivity contribution in [2.75, 3.05) is 7.11 Å². The molecule has 0 bridgehead atoms. The molecule has 2 unspecified atom stereocenters. The zero-order valence-electron chi connectivity index (χ0n) is 8.71. The summed E-state index contributed by atoms with van der Waals surface area (Å²) in [7, 11) is 1.61. The molecule has 0 aliphatic rings. The minimum absolute atomic E-state index is 0.0185. The summed E-state index contributed by atoms with van der Waals surface area (Å²) >= 11 is 11.8. The van der Waals surface area contributed by atoms with E-state index in [-0.39, 0.29) is 6.10 Å². The van der Waals surface area contributed by atoms with Gasteiger partial charge in [0, 0.05) is 19.1 Å². The summed E-state index contributed by atoms with van der Waals surface area (Å²) in [6.45, 7) is 1.89. The van der Waals surface area contributed by atoms with Crippen molar-refractivity contribution >= 4 is 23.2 Å². The van der Waals surface area contributed by atoms with Crippen LogP contribution in [0.15, 0.2) is 18.2 Å². The van der Waals surface area contributed by atoms with Crippen LogP contribution in [0.25, 0.3) is 0 Å². The van der Waals surface area contributed by atoms with Crippen LogP contribution in [0.3, 0.4) is 0 Å². The summed E-state index contributed by atoms with van der Waals surface area (Å²) < 4.78 is 5.08. The fourth-order valence-electron chi connectivity index (χ4n) is 1.32. The predicted octanol–water partition coefficient (Wildman–Crippen LogP) is 3.45. The van der Waals surface area contributed by atoms with Crippen molar-refractivity contribution in [3.63, 3.8) is 0 Å². The van der Waals surface area contributed by atoms with Crippen LogP contribution in [0.1, 0.15) is 25.0 Å². The minimum Gasteiger partial charge on any atom is -0.388 e. The van der Waals surface area contributed by atoms with E-state index in [0.29, 0.717) is 22.0 Å². The van der Waals surface area contributed by atoms with Gasteiger partial charge in [-0.15, -0.1) is 0 Å². The number of aliphatic hydroxyl groups excluding tert-OH is 1. The maximum atomic E-state index is 9.90. The van der Waals surface area contributed by atoms with Crippen molar-refractivity contribution in [2.45, 2.75) is 25.6 Å². The van der Waals surface area contributed by atoms with Gasteiger partial charge in [-0.1, -0.05) is 35.3 Å². The van der Waals surface area contributed by atoms with Gasteiger partial charge in [0.15, 0.2) is 0 Å². The van der Waals surface area contributed by atoms with Crippen molar-refractivity contribution in [1.82, 2.24) is 0 Å². The van der Waals surface area contributed by atoms with Crippen LogP contribution in [-0.4, -0.2) is 18.3 Å². The van der Waals surface area contributed by atoms with Gasteiger partial charge in [0.1, 0.15) is 0 Å². The van der Waals surface area contributed by atoms with E-state index in [9.17, 15) is 5.11 Å². The molecule has 1 N–H and O–H groups in total. The minimum atomic E-state index is -0.647. The maximum absolute atomic E-state index is 9.90. The number of hydrogen-bond donors (Lipinski definition) is 1. The van der Waals surface area contributed by atoms with Crippen LogP contribution in [0.5, 0.6) is 0 Å². The van der Waals surface area contributed by atoms with Crippen LogP contribution in [0, 0.1) is 0 Å². The summed E-state index contributed by atoms with van der Waals surface area (Å²) in [6, 6.07) is 5.23. The fraction of sp³-hybridized carbons (Fsp3) is 0.455. The molecule has 1 rings (SSSR count). The van der Waals surface area contributed by atoms with Crippen LogP contribution >= 0.6 is 23.2 Å². The van der Waals surface area contributed by atoms with Gasteiger partial charge in [0.2, 0.25) is 0 Å². The Bertz CT molecular complexity index is 328. The molecule has 0 radical (unpaired) electrons. The van der Waals surface area contributed by atoms with Crippen molar-refractivity contribution < 1.29 is 9.84 Å². The first kappa shape index (κ1) is 12.8. The highest BCUT2D eigenvalue weighted by molar-refractivity contribution is 6.42. The monoisotopic (exact) mass is 248 g/mol. The van der Waals surface area contributed by atoms with Crippen molar-refractivity contribution in [2.24, 2.45) is 0 Å². The summed E-state index contributed by atoms with van der Waals surface area (Å²) in [5.41, 5.74) is 0.646. The third kappa shape index (κ3) is 3.35. The molecule has 0 fully saturated rings. The number of methoxy groups -OCH3 is 1. The van der Waals surface area contributed by atoms with Gasteiger partial charge in [-0.3, -0.25) is 0 Å². The third-order valence-electron chi connectivity index (χ3n) is 2.30. The highest BCUT2D eigenvalue weighted by Crippen LogP contribution is 2.31. The molecule has 2 atom stereocenters. The van der Waals surface area contributed by atoms with Crippen LogP contribution in [-0.2, 0) is 4.74 Å². The Morgan fingerprint density at radius 1 is 1.40 bits per heavy atom. The molecule has 0 aromatic heterocycles. The molecule has 84 valence electrons. The summed E-state index contributed by atoms with van der Waals surface area (Å²) in [6.07, 6.45) is -0.169. The summed E-state index contributed by atoms with van der Waals surface area (Å²) in [4.78, 5) is 0. The molecule has 2 nitrogen and oxygen atoms in total. The Labute approximate surface area is 99.8 Å². The second kappa shape index (κ2) is 5.71. The standard InChI is InChI=1S/C11H14Cl2O2/c1-7(15-2)6-10(14)8-4-3-5-9(12)11(8)13/h3-5,7,10,14H,6H2,1-2H3. The van der Waals surface area contributed by atoms with Gasteiger partial charge in [-0.25, -0.2) is 0 Å². The zero-order valence-corrected chi connectivity index (χ0v) is 10.2. The fourth-order valence-corrected chi connectivity index (χ4v) is 1.75. The van der Waals surface area contributed by atoms with Gasteiger partial charge in [-0.2, -0.15) is 0 Å². The SMILES string of the molecule is COC(C)CC(O)c1cccc(Cl)c1Cl. The average molecular weight is 249 g/mol. The lowest BCUT2D eigenvalue weighted by molar-refractivity contribution is 0.0560. The van der Waals surface area contributed by atoms with Gasteiger partial charge < -0.3 is 9.84 Å². The zero-order chi connectivity index (χ0) is 11.4. The number of hydrogen-bond acceptors (Lipinski definition) is 2. The molecule has 4 heteroatoms. The third-order valence-corrected chi connectivity index (χ3v) is 3.13. The first-order chi connectivity index (χ1) is 7.06. The van der Waals surface area contributed by atoms with E-state index in [2.05, 4.69) is 0 Å². The Balaban J connectivity index is 2.82. The van der Waals surface area contributed by atoms with Gasteiger partial charge in [-0.05, 0) is 13.0 Å². The van der Waals surface area contributed by atoms with Crippen molar-refractivity contribution in [3.05, 3.63) is 33.8 Å². The largest absolute Gasteiger partial charge is 0.388 e. The molecule has 0 aliphatic heterocycles. The van der Waals surface area contributed by atoms with Gasteiger partial charge in [0.05, 0.1) is 22.3 Å². The lowest BCUT2D eigenvalue weighted by Gasteiger charge is -2.17. The number of aliphatic hydroxyl groups is 1. The van der Waals surface area contributed by atoms with E-state index in [0.717, 1.165) is 0 Å². The van der Waals surface area contributed by atoms with Crippen molar-refractivity contribution in [1.29, 1.82) is 0 Å². The first-order valence-electron chi connectivity index (χ1n) is 4.71. The molecule has 0 saturated carbocycles. The Morgan fingerprint density at radius 3 is 2.67 bits per heavy atom.